The van der Waals surface area contributed by atoms with Crippen LogP contribution in [-0.4, -0.2) is 81.2 Å². The molecular weight excluding hydrogens is 564 g/mol. The van der Waals surface area contributed by atoms with Gasteiger partial charge in [0.1, 0.15) is 5.75 Å². The molecule has 3 amide bonds. The van der Waals surface area contributed by atoms with Gasteiger partial charge in [-0.05, 0) is 53.6 Å². The smallest absolute Gasteiger partial charge is 0.323 e. The molecule has 4 aromatic rings. The predicted octanol–water partition coefficient (Wildman–Crippen LogP) is 5.30. The topological polar surface area (TPSA) is 89.2 Å². The molecule has 0 spiro atoms. The third-order valence-electron chi connectivity index (χ3n) is 8.49. The first-order chi connectivity index (χ1) is 22.1. The molecule has 2 heterocycles. The van der Waals surface area contributed by atoms with Crippen LogP contribution in [0.15, 0.2) is 103 Å². The maximum atomic E-state index is 13.4. The normalized spacial score (nSPS) is 15.5. The Labute approximate surface area is 264 Å². The van der Waals surface area contributed by atoms with E-state index in [2.05, 4.69) is 86.4 Å². The summed E-state index contributed by atoms with van der Waals surface area (Å²) in [6, 6.07) is 33.9. The summed E-state index contributed by atoms with van der Waals surface area (Å²) in [5.74, 6) is 0.684. The van der Waals surface area contributed by atoms with Gasteiger partial charge in [0.15, 0.2) is 0 Å². The maximum Gasteiger partial charge on any atom is 0.323 e. The van der Waals surface area contributed by atoms with Gasteiger partial charge in [-0.2, -0.15) is 0 Å². The summed E-state index contributed by atoms with van der Waals surface area (Å²) in [7, 11) is 1.61. The van der Waals surface area contributed by atoms with Gasteiger partial charge in [0, 0.05) is 63.6 Å². The summed E-state index contributed by atoms with van der Waals surface area (Å²) in [6.45, 7) is 6.10. The van der Waals surface area contributed by atoms with Crippen LogP contribution < -0.4 is 25.6 Å². The van der Waals surface area contributed by atoms with Gasteiger partial charge >= 0.3 is 6.03 Å². The van der Waals surface area contributed by atoms with Crippen molar-refractivity contribution >= 4 is 29.0 Å². The van der Waals surface area contributed by atoms with Crippen LogP contribution >= 0.6 is 0 Å². The number of hydrogen-bond acceptors (Lipinski definition) is 6. The zero-order valence-electron chi connectivity index (χ0n) is 25.6. The molecule has 2 aliphatic heterocycles. The largest absolute Gasteiger partial charge is 0.497 e. The van der Waals surface area contributed by atoms with E-state index in [-0.39, 0.29) is 18.0 Å². The van der Waals surface area contributed by atoms with Crippen molar-refractivity contribution < 1.29 is 14.3 Å². The SMILES string of the molecule is COc1ccc(NC(=O)Nc2cc(C(=O)N3CCNCC3)ccc2N2CCN(C(c3ccccc3)c3ccccc3)CC2)cc1. The number of amides is 3. The molecule has 0 saturated carbocycles. The minimum Gasteiger partial charge on any atom is -0.497 e. The Bertz CT molecular complexity index is 1530. The van der Waals surface area contributed by atoms with Crippen LogP contribution in [-0.2, 0) is 0 Å². The Kier molecular flexibility index (Phi) is 9.58. The first-order valence-electron chi connectivity index (χ1n) is 15.5. The Morgan fingerprint density at radius 1 is 0.733 bits per heavy atom. The predicted molar refractivity (Wildman–Crippen MR) is 179 cm³/mol. The van der Waals surface area contributed by atoms with Crippen LogP contribution in [0.2, 0.25) is 0 Å². The van der Waals surface area contributed by atoms with E-state index in [4.69, 9.17) is 4.74 Å². The maximum absolute atomic E-state index is 13.4. The third-order valence-corrected chi connectivity index (χ3v) is 8.49. The molecule has 0 atom stereocenters. The molecule has 4 aromatic carbocycles. The third kappa shape index (κ3) is 7.28. The van der Waals surface area contributed by atoms with Gasteiger partial charge < -0.3 is 30.5 Å². The minimum atomic E-state index is -0.375. The first-order valence-corrected chi connectivity index (χ1v) is 15.5. The van der Waals surface area contributed by atoms with E-state index < -0.39 is 0 Å². The number of hydrogen-bond donors (Lipinski definition) is 3. The van der Waals surface area contributed by atoms with E-state index in [1.807, 2.05) is 23.1 Å². The second kappa shape index (κ2) is 14.3. The average Bonchev–Trinajstić information content (AvgIpc) is 3.10. The number of nitrogens with zero attached hydrogens (tertiary/aromatic N) is 3. The van der Waals surface area contributed by atoms with Crippen LogP contribution in [0.1, 0.15) is 27.5 Å². The van der Waals surface area contributed by atoms with E-state index in [1.165, 1.54) is 11.1 Å². The van der Waals surface area contributed by atoms with Crippen molar-refractivity contribution in [3.63, 3.8) is 0 Å². The minimum absolute atomic E-state index is 0.0277. The van der Waals surface area contributed by atoms with Crippen LogP contribution in [0.4, 0.5) is 21.9 Å². The number of ether oxygens (including phenoxy) is 1. The van der Waals surface area contributed by atoms with Gasteiger partial charge in [-0.1, -0.05) is 60.7 Å². The van der Waals surface area contributed by atoms with Gasteiger partial charge in [-0.25, -0.2) is 4.79 Å². The van der Waals surface area contributed by atoms with Crippen molar-refractivity contribution in [1.29, 1.82) is 0 Å². The standard InChI is InChI=1S/C36H40N6O3/c1-45-31-15-13-30(14-16-31)38-36(44)39-32-26-29(35(43)42-20-18-37-19-21-42)12-17-33(32)40-22-24-41(25-23-40)34(27-8-4-2-5-9-27)28-10-6-3-7-11-28/h2-17,26,34,37H,18-25H2,1H3,(H2,38,39,44). The van der Waals surface area contributed by atoms with Crippen LogP contribution in [0.5, 0.6) is 5.75 Å². The number of piperazine rings is 2. The molecule has 232 valence electrons. The Morgan fingerprint density at radius 2 is 1.36 bits per heavy atom. The van der Waals surface area contributed by atoms with E-state index in [0.29, 0.717) is 35.8 Å². The second-order valence-corrected chi connectivity index (χ2v) is 11.3. The number of carbonyl (C=O) groups is 2. The fourth-order valence-electron chi connectivity index (χ4n) is 6.16. The van der Waals surface area contributed by atoms with Crippen LogP contribution in [0.25, 0.3) is 0 Å². The quantitative estimate of drug-likeness (QED) is 0.253. The highest BCUT2D eigenvalue weighted by Crippen LogP contribution is 2.33. The molecule has 2 aliphatic rings. The van der Waals surface area contributed by atoms with Crippen molar-refractivity contribution in [3.8, 4) is 5.75 Å². The van der Waals surface area contributed by atoms with Gasteiger partial charge in [0.05, 0.1) is 24.5 Å². The number of anilines is 3. The number of carbonyl (C=O) groups excluding carboxylic acids is 2. The van der Waals surface area contributed by atoms with Crippen molar-refractivity contribution in [2.24, 2.45) is 0 Å². The lowest BCUT2D eigenvalue weighted by Gasteiger charge is -2.41. The second-order valence-electron chi connectivity index (χ2n) is 11.3. The molecule has 0 bridgehead atoms. The monoisotopic (exact) mass is 604 g/mol. The number of rotatable bonds is 8. The molecule has 2 saturated heterocycles. The zero-order chi connectivity index (χ0) is 31.0. The van der Waals surface area contributed by atoms with Gasteiger partial charge in [-0.15, -0.1) is 0 Å². The fraction of sp³-hybridized carbons (Fsp3) is 0.278. The van der Waals surface area contributed by atoms with E-state index in [0.717, 1.165) is 45.0 Å². The molecule has 0 aliphatic carbocycles. The summed E-state index contributed by atoms with van der Waals surface area (Å²) < 4.78 is 5.23. The summed E-state index contributed by atoms with van der Waals surface area (Å²) in [5, 5.41) is 9.25. The lowest BCUT2D eigenvalue weighted by Crippen LogP contribution is -2.48. The summed E-state index contributed by atoms with van der Waals surface area (Å²) in [6.07, 6.45) is 0. The fourth-order valence-corrected chi connectivity index (χ4v) is 6.16. The number of nitrogens with one attached hydrogen (secondary N) is 3. The summed E-state index contributed by atoms with van der Waals surface area (Å²) in [4.78, 5) is 33.3. The molecule has 3 N–H and O–H groups in total. The van der Waals surface area contributed by atoms with Gasteiger partial charge in [-0.3, -0.25) is 9.69 Å². The van der Waals surface area contributed by atoms with E-state index >= 15 is 0 Å². The molecule has 6 rings (SSSR count). The highest BCUT2D eigenvalue weighted by molar-refractivity contribution is 6.04. The van der Waals surface area contributed by atoms with Crippen molar-refractivity contribution in [2.75, 3.05) is 75.0 Å². The number of methoxy groups -OCH3 is 1. The molecular formula is C36H40N6O3. The highest BCUT2D eigenvalue weighted by Gasteiger charge is 2.28. The van der Waals surface area contributed by atoms with E-state index in [1.54, 1.807) is 31.4 Å². The van der Waals surface area contributed by atoms with Crippen LogP contribution in [0.3, 0.4) is 0 Å². The van der Waals surface area contributed by atoms with E-state index in [9.17, 15) is 9.59 Å². The Balaban J connectivity index is 1.22. The molecule has 2 fully saturated rings. The van der Waals surface area contributed by atoms with Crippen LogP contribution in [0, 0.1) is 0 Å². The summed E-state index contributed by atoms with van der Waals surface area (Å²) >= 11 is 0. The molecule has 0 radical (unpaired) electrons. The lowest BCUT2D eigenvalue weighted by atomic mass is 9.96. The van der Waals surface area contributed by atoms with Gasteiger partial charge in [0.2, 0.25) is 0 Å². The highest BCUT2D eigenvalue weighted by atomic mass is 16.5. The van der Waals surface area contributed by atoms with Crippen molar-refractivity contribution in [3.05, 3.63) is 120 Å². The van der Waals surface area contributed by atoms with Crippen molar-refractivity contribution in [2.45, 2.75) is 6.04 Å². The molecule has 0 unspecified atom stereocenters. The Morgan fingerprint density at radius 3 is 1.96 bits per heavy atom. The molecule has 0 aromatic heterocycles. The average molecular weight is 605 g/mol. The number of benzene rings is 4. The lowest BCUT2D eigenvalue weighted by molar-refractivity contribution is 0.0736. The zero-order valence-corrected chi connectivity index (χ0v) is 25.6. The molecule has 45 heavy (non-hydrogen) atoms. The molecule has 9 nitrogen and oxygen atoms in total. The first kappa shape index (κ1) is 30.2. The van der Waals surface area contributed by atoms with Crippen molar-refractivity contribution in [1.82, 2.24) is 15.1 Å². The Hall–Kier alpha value is -4.86. The summed E-state index contributed by atoms with van der Waals surface area (Å²) in [5.41, 5.74) is 5.25. The number of urea groups is 1. The molecule has 9 heteroatoms. The van der Waals surface area contributed by atoms with Gasteiger partial charge in [0.25, 0.3) is 5.91 Å².